The Kier molecular flexibility index (Phi) is 9.48. The fraction of sp³-hybridized carbons (Fsp3) is 0.345. The van der Waals surface area contributed by atoms with Gasteiger partial charge in [-0.05, 0) is 29.8 Å². The molecular formula is C29H27ClO12. The lowest BCUT2D eigenvalue weighted by Crippen LogP contribution is -2.63. The third-order valence-electron chi connectivity index (χ3n) is 6.10. The highest BCUT2D eigenvalue weighted by Gasteiger charge is 2.53. The zero-order valence-corrected chi connectivity index (χ0v) is 23.7. The highest BCUT2D eigenvalue weighted by Crippen LogP contribution is 2.32. The van der Waals surface area contributed by atoms with Crippen molar-refractivity contribution < 1.29 is 52.0 Å². The number of rotatable bonds is 8. The van der Waals surface area contributed by atoms with Gasteiger partial charge in [0.2, 0.25) is 12.4 Å². The summed E-state index contributed by atoms with van der Waals surface area (Å²) in [6.45, 7) is 4.13. The van der Waals surface area contributed by atoms with Crippen molar-refractivity contribution in [2.75, 3.05) is 6.61 Å². The molecule has 2 aromatic carbocycles. The minimum absolute atomic E-state index is 0.130. The van der Waals surface area contributed by atoms with Crippen LogP contribution < -0.4 is 10.2 Å². The second-order valence-corrected chi connectivity index (χ2v) is 9.77. The molecule has 0 aliphatic carbocycles. The molecule has 0 unspecified atom stereocenters. The van der Waals surface area contributed by atoms with Crippen LogP contribution in [0.15, 0.2) is 57.9 Å². The summed E-state index contributed by atoms with van der Waals surface area (Å²) in [5.41, 5.74) is 0.832. The molecule has 1 aromatic heterocycles. The monoisotopic (exact) mass is 602 g/mol. The molecule has 3 aromatic rings. The van der Waals surface area contributed by atoms with Crippen LogP contribution in [-0.4, -0.2) is 61.2 Å². The molecule has 1 aliphatic rings. The van der Waals surface area contributed by atoms with Gasteiger partial charge in [-0.1, -0.05) is 23.7 Å². The highest BCUT2D eigenvalue weighted by molar-refractivity contribution is 6.30. The average molecular weight is 603 g/mol. The van der Waals surface area contributed by atoms with Gasteiger partial charge in [0, 0.05) is 38.8 Å². The molecule has 2 heterocycles. The number of benzene rings is 2. The topological polar surface area (TPSA) is 154 Å². The van der Waals surface area contributed by atoms with E-state index in [2.05, 4.69) is 0 Å². The van der Waals surface area contributed by atoms with Gasteiger partial charge in [-0.3, -0.25) is 24.0 Å². The Labute approximate surface area is 244 Å². The normalized spacial score (nSPS) is 21.7. The van der Waals surface area contributed by atoms with E-state index >= 15 is 0 Å². The Bertz CT molecular complexity index is 1550. The van der Waals surface area contributed by atoms with Crippen LogP contribution in [0.4, 0.5) is 0 Å². The number of halogens is 1. The minimum atomic E-state index is -1.44. The maximum atomic E-state index is 13.2. The van der Waals surface area contributed by atoms with Crippen LogP contribution in [0.3, 0.4) is 0 Å². The van der Waals surface area contributed by atoms with Gasteiger partial charge < -0.3 is 32.8 Å². The average Bonchev–Trinajstić information content (AvgIpc) is 2.91. The molecule has 12 nitrogen and oxygen atoms in total. The van der Waals surface area contributed by atoms with E-state index < -0.39 is 61.2 Å². The first-order valence-corrected chi connectivity index (χ1v) is 13.1. The summed E-state index contributed by atoms with van der Waals surface area (Å²) in [6, 6.07) is 11.1. The molecule has 0 bridgehead atoms. The third-order valence-corrected chi connectivity index (χ3v) is 6.35. The Morgan fingerprint density at radius 1 is 0.810 bits per heavy atom. The Balaban J connectivity index is 1.70. The lowest BCUT2D eigenvalue weighted by atomic mass is 9.98. The Morgan fingerprint density at radius 2 is 1.43 bits per heavy atom. The predicted octanol–water partition coefficient (Wildman–Crippen LogP) is 3.58. The van der Waals surface area contributed by atoms with E-state index in [9.17, 15) is 24.0 Å². The number of hydrogen-bond acceptors (Lipinski definition) is 12. The molecule has 0 saturated carbocycles. The van der Waals surface area contributed by atoms with Gasteiger partial charge in [0.05, 0.1) is 10.9 Å². The number of carbonyl (C=O) groups excluding carboxylic acids is 4. The molecule has 5 atom stereocenters. The van der Waals surface area contributed by atoms with E-state index in [0.29, 0.717) is 16.1 Å². The number of carbonyl (C=O) groups is 4. The Morgan fingerprint density at radius 3 is 2.05 bits per heavy atom. The van der Waals surface area contributed by atoms with Crippen molar-refractivity contribution in [1.82, 2.24) is 0 Å². The molecular weight excluding hydrogens is 576 g/mol. The summed E-state index contributed by atoms with van der Waals surface area (Å²) >= 11 is 5.95. The SMILES string of the molecule is CC(=O)OC[C@@H]1O[C@H](Oc2ccc3c(=O)c(-c4ccc(Cl)cc4)coc3c2)[C@@H](OC(C)=O)[C@H](OC(C)=O)[C@H]1OC(C)=O. The molecule has 1 fully saturated rings. The molecule has 222 valence electrons. The fourth-order valence-corrected chi connectivity index (χ4v) is 4.55. The van der Waals surface area contributed by atoms with Crippen LogP contribution in [0.2, 0.25) is 5.02 Å². The fourth-order valence-electron chi connectivity index (χ4n) is 4.43. The van der Waals surface area contributed by atoms with Crippen molar-refractivity contribution in [3.8, 4) is 16.9 Å². The molecule has 42 heavy (non-hydrogen) atoms. The van der Waals surface area contributed by atoms with E-state index in [1.165, 1.54) is 31.4 Å². The third kappa shape index (κ3) is 7.25. The van der Waals surface area contributed by atoms with Gasteiger partial charge in [0.1, 0.15) is 30.3 Å². The van der Waals surface area contributed by atoms with Gasteiger partial charge >= 0.3 is 23.9 Å². The zero-order valence-electron chi connectivity index (χ0n) is 23.0. The predicted molar refractivity (Wildman–Crippen MR) is 146 cm³/mol. The second-order valence-electron chi connectivity index (χ2n) is 9.33. The molecule has 1 saturated heterocycles. The van der Waals surface area contributed by atoms with Crippen LogP contribution in [0.5, 0.6) is 5.75 Å². The van der Waals surface area contributed by atoms with Crippen LogP contribution in [0.1, 0.15) is 27.7 Å². The first kappa shape index (κ1) is 30.5. The summed E-state index contributed by atoms with van der Waals surface area (Å²) in [5.74, 6) is -2.81. The second kappa shape index (κ2) is 13.0. The van der Waals surface area contributed by atoms with Crippen LogP contribution in [-0.2, 0) is 42.9 Å². The van der Waals surface area contributed by atoms with Gasteiger partial charge in [0.25, 0.3) is 0 Å². The van der Waals surface area contributed by atoms with Crippen LogP contribution in [0, 0.1) is 0 Å². The van der Waals surface area contributed by atoms with Crippen LogP contribution in [0.25, 0.3) is 22.1 Å². The number of ether oxygens (including phenoxy) is 6. The molecule has 0 amide bonds. The van der Waals surface area contributed by atoms with Gasteiger partial charge in [-0.25, -0.2) is 0 Å². The quantitative estimate of drug-likeness (QED) is 0.273. The lowest BCUT2D eigenvalue weighted by Gasteiger charge is -2.43. The van der Waals surface area contributed by atoms with Crippen molar-refractivity contribution in [3.63, 3.8) is 0 Å². The van der Waals surface area contributed by atoms with E-state index in [1.807, 2.05) is 0 Å². The first-order valence-electron chi connectivity index (χ1n) is 12.7. The summed E-state index contributed by atoms with van der Waals surface area (Å²) < 4.78 is 38.9. The Hall–Kier alpha value is -4.42. The molecule has 13 heteroatoms. The van der Waals surface area contributed by atoms with Gasteiger partial charge in [-0.2, -0.15) is 0 Å². The molecule has 0 N–H and O–H groups in total. The lowest BCUT2D eigenvalue weighted by molar-refractivity contribution is -0.288. The van der Waals surface area contributed by atoms with Crippen molar-refractivity contribution in [2.24, 2.45) is 0 Å². The summed E-state index contributed by atoms with van der Waals surface area (Å²) in [4.78, 5) is 60.7. The largest absolute Gasteiger partial charge is 0.463 e. The summed E-state index contributed by atoms with van der Waals surface area (Å²) in [7, 11) is 0. The first-order chi connectivity index (χ1) is 19.9. The number of hydrogen-bond donors (Lipinski definition) is 0. The molecule has 0 spiro atoms. The van der Waals surface area contributed by atoms with Crippen LogP contribution >= 0.6 is 11.6 Å². The zero-order chi connectivity index (χ0) is 30.6. The maximum absolute atomic E-state index is 13.2. The van der Waals surface area contributed by atoms with E-state index in [-0.39, 0.29) is 22.1 Å². The minimum Gasteiger partial charge on any atom is -0.463 e. The van der Waals surface area contributed by atoms with Gasteiger partial charge in [-0.15, -0.1) is 0 Å². The standard InChI is InChI=1S/C29H27ClO12/c1-14(31)36-13-24-26(38-15(2)32)27(39-16(3)33)28(40-17(4)34)29(42-24)41-20-9-10-21-23(11-20)37-12-22(25(21)35)18-5-7-19(30)8-6-18/h5-12,24,26-29H,13H2,1-4H3/t24-,26-,27+,28-,29-/m0/s1. The molecule has 1 aliphatic heterocycles. The maximum Gasteiger partial charge on any atom is 0.303 e. The summed E-state index contributed by atoms with van der Waals surface area (Å²) in [5, 5.41) is 0.782. The van der Waals surface area contributed by atoms with E-state index in [4.69, 9.17) is 44.4 Å². The van der Waals surface area contributed by atoms with E-state index in [0.717, 1.165) is 20.8 Å². The van der Waals surface area contributed by atoms with E-state index in [1.54, 1.807) is 24.3 Å². The van der Waals surface area contributed by atoms with Crippen molar-refractivity contribution in [1.29, 1.82) is 0 Å². The molecule has 4 rings (SSSR count). The molecule has 0 radical (unpaired) electrons. The highest BCUT2D eigenvalue weighted by atomic mass is 35.5. The summed E-state index contributed by atoms with van der Waals surface area (Å²) in [6.07, 6.45) is -5.45. The smallest absolute Gasteiger partial charge is 0.303 e. The van der Waals surface area contributed by atoms with Gasteiger partial charge in [0.15, 0.2) is 17.6 Å². The van der Waals surface area contributed by atoms with Crippen molar-refractivity contribution in [3.05, 3.63) is 64.0 Å². The number of fused-ring (bicyclic) bond motifs is 1. The van der Waals surface area contributed by atoms with Crippen molar-refractivity contribution in [2.45, 2.75) is 58.4 Å². The number of esters is 4. The van der Waals surface area contributed by atoms with Crippen molar-refractivity contribution >= 4 is 46.4 Å².